The molecule has 2 aromatic heterocycles. The Morgan fingerprint density at radius 3 is 2.85 bits per heavy atom. The summed E-state index contributed by atoms with van der Waals surface area (Å²) >= 11 is 0. The lowest BCUT2D eigenvalue weighted by Gasteiger charge is -2.05. The number of aromatic carboxylic acids is 1. The summed E-state index contributed by atoms with van der Waals surface area (Å²) < 4.78 is 1.53. The minimum Gasteiger partial charge on any atom is -0.476 e. The number of para-hydroxylation sites is 1. The fourth-order valence-corrected chi connectivity index (χ4v) is 2.15. The van der Waals surface area contributed by atoms with E-state index in [-0.39, 0.29) is 11.4 Å². The molecule has 0 aliphatic rings. The van der Waals surface area contributed by atoms with Crippen molar-refractivity contribution in [1.82, 2.24) is 14.8 Å². The van der Waals surface area contributed by atoms with Gasteiger partial charge in [-0.25, -0.2) is 4.79 Å². The number of hydrogen-bond acceptors (Lipinski definition) is 4. The van der Waals surface area contributed by atoms with E-state index in [1.807, 2.05) is 30.3 Å². The zero-order valence-electron chi connectivity index (χ0n) is 10.5. The number of carbonyl (C=O) groups is 1. The van der Waals surface area contributed by atoms with Crippen LogP contribution in [0.15, 0.2) is 42.7 Å². The molecular weight excluding hydrogens is 256 g/mol. The maximum atomic E-state index is 10.9. The number of rotatable bonds is 3. The third-order valence-electron chi connectivity index (χ3n) is 3.06. The molecule has 6 heteroatoms. The standard InChI is InChI=1S/C14H12N4O2/c15-11-8-18(17-13(11)14(19)20)7-9-5-6-16-12-4-2-1-3-10(9)12/h1-6,8H,7,15H2,(H,19,20). The Morgan fingerprint density at radius 1 is 1.30 bits per heavy atom. The van der Waals surface area contributed by atoms with Gasteiger partial charge in [0.25, 0.3) is 0 Å². The summed E-state index contributed by atoms with van der Waals surface area (Å²) in [6, 6.07) is 9.66. The molecule has 3 rings (SSSR count). The average molecular weight is 268 g/mol. The maximum absolute atomic E-state index is 10.9. The second-order valence-corrected chi connectivity index (χ2v) is 4.42. The first-order valence-electron chi connectivity index (χ1n) is 6.04. The molecule has 20 heavy (non-hydrogen) atoms. The van der Waals surface area contributed by atoms with E-state index in [0.717, 1.165) is 16.5 Å². The third-order valence-corrected chi connectivity index (χ3v) is 3.06. The molecule has 0 spiro atoms. The van der Waals surface area contributed by atoms with E-state index >= 15 is 0 Å². The Balaban J connectivity index is 2.01. The van der Waals surface area contributed by atoms with Gasteiger partial charge in [-0.2, -0.15) is 5.10 Å². The van der Waals surface area contributed by atoms with E-state index in [0.29, 0.717) is 6.54 Å². The monoisotopic (exact) mass is 268 g/mol. The molecule has 0 aliphatic heterocycles. The van der Waals surface area contributed by atoms with Gasteiger partial charge in [-0.3, -0.25) is 9.67 Å². The first-order chi connectivity index (χ1) is 9.65. The molecule has 3 aromatic rings. The minimum atomic E-state index is -1.12. The molecule has 0 aliphatic carbocycles. The molecule has 0 unspecified atom stereocenters. The summed E-state index contributed by atoms with van der Waals surface area (Å²) in [6.45, 7) is 0.445. The molecule has 0 fully saturated rings. The quantitative estimate of drug-likeness (QED) is 0.754. The number of hydrogen-bond donors (Lipinski definition) is 2. The van der Waals surface area contributed by atoms with E-state index < -0.39 is 5.97 Å². The van der Waals surface area contributed by atoms with Gasteiger partial charge in [0.2, 0.25) is 0 Å². The van der Waals surface area contributed by atoms with Crippen LogP contribution < -0.4 is 5.73 Å². The number of pyridine rings is 1. The first-order valence-corrected chi connectivity index (χ1v) is 6.04. The van der Waals surface area contributed by atoms with Crippen LogP contribution in [0.2, 0.25) is 0 Å². The van der Waals surface area contributed by atoms with E-state index in [9.17, 15) is 4.79 Å². The van der Waals surface area contributed by atoms with Crippen LogP contribution in [-0.2, 0) is 6.54 Å². The smallest absolute Gasteiger partial charge is 0.358 e. The van der Waals surface area contributed by atoms with Crippen molar-refractivity contribution in [1.29, 1.82) is 0 Å². The average Bonchev–Trinajstić information content (AvgIpc) is 2.80. The molecule has 2 heterocycles. The molecule has 0 saturated heterocycles. The molecule has 0 bridgehead atoms. The highest BCUT2D eigenvalue weighted by Gasteiger charge is 2.13. The zero-order valence-corrected chi connectivity index (χ0v) is 10.5. The summed E-state index contributed by atoms with van der Waals surface area (Å²) in [5, 5.41) is 13.9. The number of carboxylic acid groups (broad SMARTS) is 1. The highest BCUT2D eigenvalue weighted by Crippen LogP contribution is 2.18. The van der Waals surface area contributed by atoms with Gasteiger partial charge in [0.1, 0.15) is 0 Å². The SMILES string of the molecule is Nc1cn(Cc2ccnc3ccccc23)nc1C(=O)O. The molecule has 0 radical (unpaired) electrons. The van der Waals surface area contributed by atoms with Crippen molar-refractivity contribution in [2.24, 2.45) is 0 Å². The van der Waals surface area contributed by atoms with Crippen LogP contribution in [0.4, 0.5) is 5.69 Å². The van der Waals surface area contributed by atoms with Gasteiger partial charge in [-0.1, -0.05) is 18.2 Å². The van der Waals surface area contributed by atoms with Crippen LogP contribution in [-0.4, -0.2) is 25.8 Å². The second-order valence-electron chi connectivity index (χ2n) is 4.42. The summed E-state index contributed by atoms with van der Waals surface area (Å²) in [5.41, 5.74) is 7.57. The Morgan fingerprint density at radius 2 is 2.10 bits per heavy atom. The molecule has 0 atom stereocenters. The Labute approximate surface area is 114 Å². The number of nitrogens with two attached hydrogens (primary N) is 1. The topological polar surface area (TPSA) is 94.0 Å². The van der Waals surface area contributed by atoms with Crippen LogP contribution in [0.3, 0.4) is 0 Å². The predicted molar refractivity (Wildman–Crippen MR) is 74.4 cm³/mol. The summed E-state index contributed by atoms with van der Waals surface area (Å²) in [4.78, 5) is 15.2. The molecular formula is C14H12N4O2. The van der Waals surface area contributed by atoms with Crippen molar-refractivity contribution < 1.29 is 9.90 Å². The molecule has 0 saturated carbocycles. The van der Waals surface area contributed by atoms with Crippen molar-refractivity contribution in [2.45, 2.75) is 6.54 Å². The number of anilines is 1. The van der Waals surface area contributed by atoms with Gasteiger partial charge in [0.05, 0.1) is 17.7 Å². The van der Waals surface area contributed by atoms with Gasteiger partial charge in [0, 0.05) is 17.8 Å². The van der Waals surface area contributed by atoms with Gasteiger partial charge in [0.15, 0.2) is 5.69 Å². The third kappa shape index (κ3) is 2.07. The highest BCUT2D eigenvalue weighted by atomic mass is 16.4. The van der Waals surface area contributed by atoms with E-state index in [2.05, 4.69) is 10.1 Å². The fourth-order valence-electron chi connectivity index (χ4n) is 2.15. The molecule has 1 aromatic carbocycles. The molecule has 100 valence electrons. The zero-order chi connectivity index (χ0) is 14.1. The largest absolute Gasteiger partial charge is 0.476 e. The lowest BCUT2D eigenvalue weighted by atomic mass is 10.1. The van der Waals surface area contributed by atoms with E-state index in [1.54, 1.807) is 6.20 Å². The lowest BCUT2D eigenvalue weighted by Crippen LogP contribution is -2.05. The molecule has 0 amide bonds. The van der Waals surface area contributed by atoms with Crippen molar-refractivity contribution in [3.05, 3.63) is 54.0 Å². The Kier molecular flexibility index (Phi) is 2.83. The van der Waals surface area contributed by atoms with Crippen LogP contribution >= 0.6 is 0 Å². The summed E-state index contributed by atoms with van der Waals surface area (Å²) in [7, 11) is 0. The number of carboxylic acids is 1. The number of fused-ring (bicyclic) bond motifs is 1. The van der Waals surface area contributed by atoms with Gasteiger partial charge in [-0.15, -0.1) is 0 Å². The normalized spacial score (nSPS) is 10.8. The first kappa shape index (κ1) is 12.2. The maximum Gasteiger partial charge on any atom is 0.358 e. The summed E-state index contributed by atoms with van der Waals surface area (Å²) in [5.74, 6) is -1.12. The van der Waals surface area contributed by atoms with Gasteiger partial charge in [-0.05, 0) is 17.7 Å². The number of nitrogen functional groups attached to an aromatic ring is 1. The molecule has 6 nitrogen and oxygen atoms in total. The minimum absolute atomic E-state index is 0.122. The van der Waals surface area contributed by atoms with Crippen LogP contribution in [0.5, 0.6) is 0 Å². The van der Waals surface area contributed by atoms with E-state index in [1.165, 1.54) is 10.9 Å². The number of aromatic nitrogens is 3. The number of benzene rings is 1. The second kappa shape index (κ2) is 4.65. The summed E-state index contributed by atoms with van der Waals surface area (Å²) in [6.07, 6.45) is 3.25. The lowest BCUT2D eigenvalue weighted by molar-refractivity contribution is 0.0690. The van der Waals surface area contributed by atoms with Gasteiger partial charge < -0.3 is 10.8 Å². The van der Waals surface area contributed by atoms with Crippen molar-refractivity contribution in [3.8, 4) is 0 Å². The highest BCUT2D eigenvalue weighted by molar-refractivity contribution is 5.91. The Bertz CT molecular complexity index is 789. The van der Waals surface area contributed by atoms with E-state index in [4.69, 9.17) is 10.8 Å². The van der Waals surface area contributed by atoms with Crippen LogP contribution in [0.25, 0.3) is 10.9 Å². The predicted octanol–water partition coefficient (Wildman–Crippen LogP) is 1.76. The molecule has 3 N–H and O–H groups in total. The number of nitrogens with zero attached hydrogens (tertiary/aromatic N) is 3. The van der Waals surface area contributed by atoms with Gasteiger partial charge >= 0.3 is 5.97 Å². The van der Waals surface area contributed by atoms with Crippen molar-refractivity contribution in [3.63, 3.8) is 0 Å². The van der Waals surface area contributed by atoms with Crippen molar-refractivity contribution >= 4 is 22.6 Å². The fraction of sp³-hybridized carbons (Fsp3) is 0.0714. The van der Waals surface area contributed by atoms with Crippen LogP contribution in [0.1, 0.15) is 16.1 Å². The Hall–Kier alpha value is -2.89. The van der Waals surface area contributed by atoms with Crippen molar-refractivity contribution in [2.75, 3.05) is 5.73 Å². The van der Waals surface area contributed by atoms with Crippen LogP contribution in [0, 0.1) is 0 Å².